The van der Waals surface area contributed by atoms with Crippen LogP contribution in [0, 0.1) is 0 Å². The van der Waals surface area contributed by atoms with Gasteiger partial charge in [-0.05, 0) is 38.4 Å². The normalized spacial score (nSPS) is 19.1. The number of carbonyl (C=O) groups excluding carboxylic acids is 1. The number of amides is 1. The zero-order chi connectivity index (χ0) is 16.2. The molecule has 0 saturated carbocycles. The van der Waals surface area contributed by atoms with Crippen LogP contribution in [-0.4, -0.2) is 70.6 Å². The van der Waals surface area contributed by atoms with Crippen LogP contribution in [0.1, 0.15) is 16.9 Å². The number of hydrogen-bond donors (Lipinski definition) is 1. The highest BCUT2D eigenvalue weighted by Crippen LogP contribution is 2.22. The molecule has 0 aliphatic carbocycles. The quantitative estimate of drug-likeness (QED) is 0.928. The number of hydrogen-bond acceptors (Lipinski definition) is 5. The molecule has 2 aromatic rings. The Morgan fingerprint density at radius 3 is 3.17 bits per heavy atom. The second kappa shape index (κ2) is 7.23. The molecule has 2 aromatic heterocycles. The van der Waals surface area contributed by atoms with Crippen molar-refractivity contribution in [3.05, 3.63) is 30.2 Å². The monoisotopic (exact) mass is 334 g/mol. The zero-order valence-corrected chi connectivity index (χ0v) is 14.3. The average Bonchev–Trinajstić information content (AvgIpc) is 3.15. The van der Waals surface area contributed by atoms with Gasteiger partial charge in [0.1, 0.15) is 5.69 Å². The van der Waals surface area contributed by atoms with E-state index in [0.717, 1.165) is 36.7 Å². The number of nitrogens with zero attached hydrogens (tertiary/aromatic N) is 3. The molecule has 1 aliphatic heterocycles. The van der Waals surface area contributed by atoms with Crippen molar-refractivity contribution < 1.29 is 9.21 Å². The number of rotatable bonds is 4. The van der Waals surface area contributed by atoms with Crippen LogP contribution in [0.3, 0.4) is 0 Å². The Morgan fingerprint density at radius 2 is 2.43 bits per heavy atom. The van der Waals surface area contributed by atoms with Crippen molar-refractivity contribution in [1.29, 1.82) is 0 Å². The van der Waals surface area contributed by atoms with Gasteiger partial charge in [-0.25, -0.2) is 0 Å². The van der Waals surface area contributed by atoms with Gasteiger partial charge in [-0.3, -0.25) is 9.89 Å². The van der Waals surface area contributed by atoms with Crippen molar-refractivity contribution >= 4 is 17.7 Å². The first kappa shape index (κ1) is 16.1. The van der Waals surface area contributed by atoms with Crippen LogP contribution < -0.4 is 0 Å². The number of aromatic amines is 1. The van der Waals surface area contributed by atoms with Crippen LogP contribution in [0.5, 0.6) is 0 Å². The van der Waals surface area contributed by atoms with E-state index >= 15 is 0 Å². The molecule has 3 heterocycles. The van der Waals surface area contributed by atoms with E-state index in [1.807, 2.05) is 42.9 Å². The molecule has 1 fully saturated rings. The molecule has 3 rings (SSSR count). The molecule has 7 heteroatoms. The van der Waals surface area contributed by atoms with Crippen molar-refractivity contribution in [3.8, 4) is 11.5 Å². The highest BCUT2D eigenvalue weighted by Gasteiger charge is 2.28. The first-order valence-corrected chi connectivity index (χ1v) is 8.93. The molecule has 1 N–H and O–H groups in total. The molecule has 1 unspecified atom stereocenters. The third-order valence-corrected chi connectivity index (χ3v) is 5.06. The first-order chi connectivity index (χ1) is 11.1. The summed E-state index contributed by atoms with van der Waals surface area (Å²) in [6, 6.07) is 5.65. The van der Waals surface area contributed by atoms with E-state index in [4.69, 9.17) is 4.42 Å². The fraction of sp³-hybridized carbons (Fsp3) is 0.500. The van der Waals surface area contributed by atoms with Gasteiger partial charge in [0.05, 0.1) is 12.3 Å². The molecule has 1 atom stereocenters. The second-order valence-corrected chi connectivity index (χ2v) is 7.14. The van der Waals surface area contributed by atoms with Gasteiger partial charge in [-0.2, -0.15) is 16.9 Å². The van der Waals surface area contributed by atoms with E-state index in [1.165, 1.54) is 0 Å². The van der Waals surface area contributed by atoms with Gasteiger partial charge in [0, 0.05) is 24.9 Å². The van der Waals surface area contributed by atoms with E-state index < -0.39 is 0 Å². The summed E-state index contributed by atoms with van der Waals surface area (Å²) in [4.78, 5) is 17.0. The van der Waals surface area contributed by atoms with E-state index in [9.17, 15) is 4.79 Å². The van der Waals surface area contributed by atoms with Crippen molar-refractivity contribution in [2.45, 2.75) is 12.5 Å². The summed E-state index contributed by atoms with van der Waals surface area (Å²) in [6.45, 7) is 1.65. The minimum atomic E-state index is -0.00611. The second-order valence-electron chi connectivity index (χ2n) is 5.99. The number of H-pyrrole nitrogens is 1. The maximum Gasteiger partial charge on any atom is 0.274 e. The molecule has 0 radical (unpaired) electrons. The molecular formula is C16H22N4O2S. The van der Waals surface area contributed by atoms with Crippen molar-refractivity contribution in [2.75, 3.05) is 38.7 Å². The molecule has 0 bridgehead atoms. The predicted octanol–water partition coefficient (Wildman–Crippen LogP) is 2.18. The van der Waals surface area contributed by atoms with Crippen LogP contribution >= 0.6 is 11.8 Å². The Hall–Kier alpha value is -1.73. The van der Waals surface area contributed by atoms with Crippen LogP contribution in [-0.2, 0) is 0 Å². The van der Waals surface area contributed by atoms with Crippen LogP contribution in [0.4, 0.5) is 0 Å². The van der Waals surface area contributed by atoms with E-state index in [0.29, 0.717) is 11.5 Å². The number of aromatic nitrogens is 2. The highest BCUT2D eigenvalue weighted by molar-refractivity contribution is 7.99. The number of nitrogens with one attached hydrogen (secondary N) is 1. The number of furan rings is 1. The minimum Gasteiger partial charge on any atom is -0.463 e. The maximum absolute atomic E-state index is 12.9. The smallest absolute Gasteiger partial charge is 0.274 e. The van der Waals surface area contributed by atoms with Gasteiger partial charge in [-0.1, -0.05) is 0 Å². The zero-order valence-electron chi connectivity index (χ0n) is 13.5. The predicted molar refractivity (Wildman–Crippen MR) is 91.6 cm³/mol. The third-order valence-electron chi connectivity index (χ3n) is 3.86. The molecule has 0 spiro atoms. The summed E-state index contributed by atoms with van der Waals surface area (Å²) in [6.07, 6.45) is 2.63. The fourth-order valence-electron chi connectivity index (χ4n) is 2.81. The lowest BCUT2D eigenvalue weighted by atomic mass is 10.2. The number of thioether (sulfide) groups is 1. The Morgan fingerprint density at radius 1 is 1.57 bits per heavy atom. The van der Waals surface area contributed by atoms with Crippen molar-refractivity contribution in [3.63, 3.8) is 0 Å². The molecule has 1 aliphatic rings. The Bertz CT molecular complexity index is 638. The van der Waals surface area contributed by atoms with E-state index in [2.05, 4.69) is 15.1 Å². The van der Waals surface area contributed by atoms with E-state index in [1.54, 1.807) is 12.3 Å². The van der Waals surface area contributed by atoms with Gasteiger partial charge < -0.3 is 14.2 Å². The third kappa shape index (κ3) is 3.79. The van der Waals surface area contributed by atoms with Gasteiger partial charge in [0.25, 0.3) is 5.91 Å². The summed E-state index contributed by atoms with van der Waals surface area (Å²) >= 11 is 1.92. The van der Waals surface area contributed by atoms with Crippen LogP contribution in [0.2, 0.25) is 0 Å². The lowest BCUT2D eigenvalue weighted by Crippen LogP contribution is -2.46. The molecule has 6 nitrogen and oxygen atoms in total. The Labute approximate surface area is 140 Å². The van der Waals surface area contributed by atoms with E-state index in [-0.39, 0.29) is 11.9 Å². The summed E-state index contributed by atoms with van der Waals surface area (Å²) in [7, 11) is 4.09. The standard InChI is InChI=1S/C16H22N4O2S/c1-19(2)10-12-11-23-8-4-6-20(12)16(21)14-9-13(17-18-14)15-5-3-7-22-15/h3,5,7,9,12H,4,6,8,10-11H2,1-2H3,(H,17,18). The summed E-state index contributed by atoms with van der Waals surface area (Å²) in [5.41, 5.74) is 1.18. The SMILES string of the molecule is CN(C)CC1CSCCCN1C(=O)c1cc(-c2ccco2)[nH]n1. The Balaban J connectivity index is 1.79. The van der Waals surface area contributed by atoms with Crippen molar-refractivity contribution in [2.24, 2.45) is 0 Å². The van der Waals surface area contributed by atoms with Gasteiger partial charge in [0.15, 0.2) is 11.5 Å². The highest BCUT2D eigenvalue weighted by atomic mass is 32.2. The fourth-order valence-corrected chi connectivity index (χ4v) is 3.86. The average molecular weight is 334 g/mol. The largest absolute Gasteiger partial charge is 0.463 e. The molecule has 0 aromatic carbocycles. The maximum atomic E-state index is 12.9. The lowest BCUT2D eigenvalue weighted by Gasteiger charge is -2.31. The lowest BCUT2D eigenvalue weighted by molar-refractivity contribution is 0.0669. The number of carbonyl (C=O) groups is 1. The molecule has 124 valence electrons. The van der Waals surface area contributed by atoms with Crippen LogP contribution in [0.25, 0.3) is 11.5 Å². The molecule has 23 heavy (non-hydrogen) atoms. The van der Waals surface area contributed by atoms with Gasteiger partial charge >= 0.3 is 0 Å². The van der Waals surface area contributed by atoms with Crippen LogP contribution in [0.15, 0.2) is 28.9 Å². The summed E-state index contributed by atoms with van der Waals surface area (Å²) in [5, 5.41) is 7.09. The van der Waals surface area contributed by atoms with Crippen molar-refractivity contribution in [1.82, 2.24) is 20.0 Å². The molecule has 1 saturated heterocycles. The summed E-state index contributed by atoms with van der Waals surface area (Å²) in [5.74, 6) is 2.76. The van der Waals surface area contributed by atoms with Gasteiger partial charge in [-0.15, -0.1) is 0 Å². The molecule has 1 amide bonds. The summed E-state index contributed by atoms with van der Waals surface area (Å²) < 4.78 is 5.35. The topological polar surface area (TPSA) is 65.4 Å². The van der Waals surface area contributed by atoms with Gasteiger partial charge in [0.2, 0.25) is 0 Å². The minimum absolute atomic E-state index is 0.00611. The Kier molecular flexibility index (Phi) is 5.07. The first-order valence-electron chi connectivity index (χ1n) is 7.78. The molecular weight excluding hydrogens is 312 g/mol. The number of likely N-dealkylation sites (N-methyl/N-ethyl adjacent to an activating group) is 1.